The molecule has 3 N–H and O–H groups in total. The second-order valence-electron chi connectivity index (χ2n) is 4.33. The van der Waals surface area contributed by atoms with Crippen LogP contribution in [0.25, 0.3) is 0 Å². The summed E-state index contributed by atoms with van der Waals surface area (Å²) in [5.74, 6) is 0.832. The van der Waals surface area contributed by atoms with Crippen LogP contribution in [0, 0.1) is 0 Å². The zero-order valence-corrected chi connectivity index (χ0v) is 13.4. The van der Waals surface area contributed by atoms with E-state index in [2.05, 4.69) is 21.2 Å². The molecule has 0 heterocycles. The van der Waals surface area contributed by atoms with Gasteiger partial charge in [0.15, 0.2) is 0 Å². The molecule has 5 heteroatoms. The second-order valence-corrected chi connectivity index (χ2v) is 5.60. The molecule has 0 aromatic heterocycles. The van der Waals surface area contributed by atoms with E-state index in [0.29, 0.717) is 11.6 Å². The summed E-state index contributed by atoms with van der Waals surface area (Å²) in [5, 5.41) is 4.08. The molecular weight excluding hydrogens is 340 g/mol. The largest absolute Gasteiger partial charge is 0.497 e. The summed E-state index contributed by atoms with van der Waals surface area (Å²) in [6, 6.07) is 13.6. The Morgan fingerprint density at radius 3 is 2.50 bits per heavy atom. The van der Waals surface area contributed by atoms with Crippen molar-refractivity contribution >= 4 is 33.2 Å². The monoisotopic (exact) mass is 354 g/mol. The lowest BCUT2D eigenvalue weighted by Crippen LogP contribution is -2.20. The molecule has 0 aliphatic carbocycles. The Balaban J connectivity index is 2.16. The van der Waals surface area contributed by atoms with E-state index in [4.69, 9.17) is 22.1 Å². The highest BCUT2D eigenvalue weighted by Gasteiger charge is 2.10. The molecule has 0 aliphatic heterocycles. The molecule has 20 heavy (non-hydrogen) atoms. The van der Waals surface area contributed by atoms with Crippen molar-refractivity contribution in [1.82, 2.24) is 0 Å². The van der Waals surface area contributed by atoms with Crippen LogP contribution in [0.5, 0.6) is 5.75 Å². The highest BCUT2D eigenvalue weighted by atomic mass is 79.9. The molecule has 2 rings (SSSR count). The first kappa shape index (κ1) is 15.2. The smallest absolute Gasteiger partial charge is 0.118 e. The van der Waals surface area contributed by atoms with Gasteiger partial charge < -0.3 is 15.8 Å². The molecule has 0 amide bonds. The fraction of sp³-hybridized carbons (Fsp3) is 0.200. The van der Waals surface area contributed by atoms with Crippen LogP contribution >= 0.6 is 27.5 Å². The molecule has 1 unspecified atom stereocenters. The van der Waals surface area contributed by atoms with Gasteiger partial charge in [0.25, 0.3) is 0 Å². The lowest BCUT2D eigenvalue weighted by Gasteiger charge is -2.19. The third-order valence-corrected chi connectivity index (χ3v) is 4.23. The van der Waals surface area contributed by atoms with Crippen LogP contribution in [0.4, 0.5) is 5.69 Å². The first-order valence-corrected chi connectivity index (χ1v) is 7.36. The fourth-order valence-corrected chi connectivity index (χ4v) is 2.40. The molecule has 2 aromatic rings. The van der Waals surface area contributed by atoms with E-state index < -0.39 is 0 Å². The van der Waals surface area contributed by atoms with Gasteiger partial charge in [-0.3, -0.25) is 0 Å². The summed E-state index contributed by atoms with van der Waals surface area (Å²) in [4.78, 5) is 0. The molecule has 0 fully saturated rings. The normalized spacial score (nSPS) is 12.0. The van der Waals surface area contributed by atoms with E-state index in [-0.39, 0.29) is 6.04 Å². The lowest BCUT2D eigenvalue weighted by atomic mass is 10.1. The Bertz CT molecular complexity index is 575. The summed E-state index contributed by atoms with van der Waals surface area (Å²) in [6.45, 7) is 0.493. The summed E-state index contributed by atoms with van der Waals surface area (Å²) in [6.07, 6.45) is 0. The van der Waals surface area contributed by atoms with Crippen LogP contribution in [-0.2, 0) is 0 Å². The molecular formula is C15H16BrClN2O. The number of halogens is 2. The van der Waals surface area contributed by atoms with E-state index in [0.717, 1.165) is 21.5 Å². The molecule has 0 saturated heterocycles. The van der Waals surface area contributed by atoms with Crippen LogP contribution in [0.3, 0.4) is 0 Å². The maximum atomic E-state index is 5.99. The predicted molar refractivity (Wildman–Crippen MR) is 87.6 cm³/mol. The number of rotatable bonds is 5. The van der Waals surface area contributed by atoms with E-state index in [1.54, 1.807) is 7.11 Å². The van der Waals surface area contributed by atoms with Crippen molar-refractivity contribution in [3.8, 4) is 5.75 Å². The van der Waals surface area contributed by atoms with E-state index in [1.165, 1.54) is 0 Å². The Hall–Kier alpha value is -1.23. The SMILES string of the molecule is COc1ccc(C(CN)Nc2ccc(Cl)c(Br)c2)cc1. The quantitative estimate of drug-likeness (QED) is 0.844. The first-order valence-electron chi connectivity index (χ1n) is 6.19. The van der Waals surface area contributed by atoms with Gasteiger partial charge in [0.05, 0.1) is 18.2 Å². The summed E-state index contributed by atoms with van der Waals surface area (Å²) in [5.41, 5.74) is 7.94. The predicted octanol–water partition coefficient (Wildman–Crippen LogP) is 4.22. The molecule has 0 saturated carbocycles. The van der Waals surface area contributed by atoms with Crippen molar-refractivity contribution in [2.24, 2.45) is 5.73 Å². The van der Waals surface area contributed by atoms with Crippen LogP contribution in [0.15, 0.2) is 46.9 Å². The number of methoxy groups -OCH3 is 1. The Morgan fingerprint density at radius 1 is 1.25 bits per heavy atom. The van der Waals surface area contributed by atoms with Crippen LogP contribution in [-0.4, -0.2) is 13.7 Å². The van der Waals surface area contributed by atoms with Gasteiger partial charge in [0.2, 0.25) is 0 Å². The number of hydrogen-bond donors (Lipinski definition) is 2. The summed E-state index contributed by atoms with van der Waals surface area (Å²) in [7, 11) is 1.65. The average molecular weight is 356 g/mol. The molecule has 106 valence electrons. The van der Waals surface area contributed by atoms with Crippen molar-refractivity contribution in [3.05, 3.63) is 57.5 Å². The van der Waals surface area contributed by atoms with Gasteiger partial charge in [-0.1, -0.05) is 23.7 Å². The maximum absolute atomic E-state index is 5.99. The number of hydrogen-bond acceptors (Lipinski definition) is 3. The Morgan fingerprint density at radius 2 is 1.95 bits per heavy atom. The van der Waals surface area contributed by atoms with E-state index in [1.807, 2.05) is 42.5 Å². The van der Waals surface area contributed by atoms with Crippen LogP contribution in [0.1, 0.15) is 11.6 Å². The molecule has 0 bridgehead atoms. The van der Waals surface area contributed by atoms with Crippen molar-refractivity contribution < 1.29 is 4.74 Å². The van der Waals surface area contributed by atoms with E-state index >= 15 is 0 Å². The molecule has 2 aromatic carbocycles. The van der Waals surface area contributed by atoms with Gasteiger partial charge >= 0.3 is 0 Å². The highest BCUT2D eigenvalue weighted by Crippen LogP contribution is 2.28. The van der Waals surface area contributed by atoms with Gasteiger partial charge in [-0.25, -0.2) is 0 Å². The third kappa shape index (κ3) is 3.66. The van der Waals surface area contributed by atoms with Gasteiger partial charge in [0.1, 0.15) is 5.75 Å². The molecule has 0 aliphatic rings. The number of nitrogens with one attached hydrogen (secondary N) is 1. The van der Waals surface area contributed by atoms with Crippen LogP contribution < -0.4 is 15.8 Å². The number of ether oxygens (including phenoxy) is 1. The number of benzene rings is 2. The molecule has 0 spiro atoms. The summed E-state index contributed by atoms with van der Waals surface area (Å²) >= 11 is 9.40. The fourth-order valence-electron chi connectivity index (χ4n) is 1.90. The molecule has 3 nitrogen and oxygen atoms in total. The van der Waals surface area contributed by atoms with E-state index in [9.17, 15) is 0 Å². The third-order valence-electron chi connectivity index (χ3n) is 3.01. The Labute approximate surface area is 132 Å². The number of nitrogens with two attached hydrogens (primary N) is 1. The minimum atomic E-state index is 0.0361. The standard InChI is InChI=1S/C15H16BrClN2O/c1-20-12-5-2-10(3-6-12)15(9-18)19-11-4-7-14(17)13(16)8-11/h2-8,15,19H,9,18H2,1H3. The topological polar surface area (TPSA) is 47.3 Å². The highest BCUT2D eigenvalue weighted by molar-refractivity contribution is 9.10. The molecule has 0 radical (unpaired) electrons. The summed E-state index contributed by atoms with van der Waals surface area (Å²) < 4.78 is 6.01. The second kappa shape index (κ2) is 6.97. The first-order chi connectivity index (χ1) is 9.63. The van der Waals surface area contributed by atoms with Gasteiger partial charge in [-0.2, -0.15) is 0 Å². The average Bonchev–Trinajstić information content (AvgIpc) is 2.48. The van der Waals surface area contributed by atoms with Crippen LogP contribution in [0.2, 0.25) is 5.02 Å². The zero-order chi connectivity index (χ0) is 14.5. The maximum Gasteiger partial charge on any atom is 0.118 e. The lowest BCUT2D eigenvalue weighted by molar-refractivity contribution is 0.414. The van der Waals surface area contributed by atoms with Crippen molar-refractivity contribution in [3.63, 3.8) is 0 Å². The zero-order valence-electron chi connectivity index (χ0n) is 11.1. The number of anilines is 1. The minimum Gasteiger partial charge on any atom is -0.497 e. The van der Waals surface area contributed by atoms with Crippen molar-refractivity contribution in [1.29, 1.82) is 0 Å². The van der Waals surface area contributed by atoms with Gasteiger partial charge in [-0.05, 0) is 51.8 Å². The van der Waals surface area contributed by atoms with Gasteiger partial charge in [0, 0.05) is 16.7 Å². The minimum absolute atomic E-state index is 0.0361. The molecule has 1 atom stereocenters. The Kier molecular flexibility index (Phi) is 5.29. The van der Waals surface area contributed by atoms with Crippen molar-refractivity contribution in [2.45, 2.75) is 6.04 Å². The van der Waals surface area contributed by atoms with Gasteiger partial charge in [-0.15, -0.1) is 0 Å². The van der Waals surface area contributed by atoms with Crippen molar-refractivity contribution in [2.75, 3.05) is 19.0 Å².